The topological polar surface area (TPSA) is 73.2 Å². The number of hydrogen-bond acceptors (Lipinski definition) is 5. The molecule has 1 fully saturated rings. The van der Waals surface area contributed by atoms with E-state index in [9.17, 15) is 15.3 Å². The summed E-state index contributed by atoms with van der Waals surface area (Å²) in [7, 11) is 1.52. The van der Waals surface area contributed by atoms with Gasteiger partial charge in [-0.2, -0.15) is 0 Å². The van der Waals surface area contributed by atoms with E-state index in [1.54, 1.807) is 6.07 Å². The van der Waals surface area contributed by atoms with E-state index < -0.39 is 17.6 Å². The molecule has 0 amide bonds. The highest BCUT2D eigenvalue weighted by molar-refractivity contribution is 5.57. The van der Waals surface area contributed by atoms with Crippen molar-refractivity contribution in [3.8, 4) is 11.5 Å². The van der Waals surface area contributed by atoms with Crippen LogP contribution in [0.3, 0.4) is 0 Å². The number of rotatable bonds is 6. The van der Waals surface area contributed by atoms with Crippen LogP contribution in [0, 0.1) is 0 Å². The van der Waals surface area contributed by atoms with E-state index in [2.05, 4.69) is 11.5 Å². The average Bonchev–Trinajstić information content (AvgIpc) is 2.73. The van der Waals surface area contributed by atoms with E-state index in [0.717, 1.165) is 11.1 Å². The molecule has 5 nitrogen and oxygen atoms in total. The molecule has 2 aliphatic rings. The third kappa shape index (κ3) is 2.42. The molecule has 4 atom stereocenters. The Labute approximate surface area is 143 Å². The van der Waals surface area contributed by atoms with Crippen LogP contribution in [-0.4, -0.2) is 58.7 Å². The number of fused-ring (bicyclic) bond motifs is 4. The third-order valence-electron chi connectivity index (χ3n) is 5.69. The van der Waals surface area contributed by atoms with Crippen molar-refractivity contribution in [3.63, 3.8) is 0 Å². The first-order valence-electron chi connectivity index (χ1n) is 8.58. The smallest absolute Gasteiger partial charge is 0.161 e. The van der Waals surface area contributed by atoms with Gasteiger partial charge in [-0.25, -0.2) is 0 Å². The van der Waals surface area contributed by atoms with Crippen molar-refractivity contribution in [3.05, 3.63) is 35.9 Å². The van der Waals surface area contributed by atoms with E-state index in [1.165, 1.54) is 7.11 Å². The Balaban J connectivity index is 2.15. The number of likely N-dealkylation sites (tertiary alicyclic amines) is 1. The molecule has 24 heavy (non-hydrogen) atoms. The van der Waals surface area contributed by atoms with Gasteiger partial charge in [-0.15, -0.1) is 6.58 Å². The van der Waals surface area contributed by atoms with Gasteiger partial charge in [0.1, 0.15) is 0 Å². The molecule has 0 saturated carbocycles. The minimum absolute atomic E-state index is 0.0210. The predicted octanol–water partition coefficient (Wildman–Crippen LogP) is 1.59. The van der Waals surface area contributed by atoms with E-state index in [1.807, 2.05) is 19.1 Å². The van der Waals surface area contributed by atoms with Crippen molar-refractivity contribution in [2.45, 2.75) is 49.9 Å². The van der Waals surface area contributed by atoms with Crippen LogP contribution in [0.1, 0.15) is 30.9 Å². The van der Waals surface area contributed by atoms with Gasteiger partial charge < -0.3 is 20.1 Å². The number of ether oxygens (including phenoxy) is 1. The third-order valence-corrected chi connectivity index (χ3v) is 5.69. The second-order valence-corrected chi connectivity index (χ2v) is 7.01. The molecule has 1 aliphatic heterocycles. The Hall–Kier alpha value is -1.56. The molecule has 1 aromatic rings. The van der Waals surface area contributed by atoms with Gasteiger partial charge in [0.15, 0.2) is 11.5 Å². The molecule has 2 bridgehead atoms. The number of aromatic hydroxyl groups is 1. The van der Waals surface area contributed by atoms with Crippen molar-refractivity contribution in [2.24, 2.45) is 0 Å². The Morgan fingerprint density at radius 2 is 2.25 bits per heavy atom. The number of hydrogen-bond donors (Lipinski definition) is 3. The molecule has 0 aromatic heterocycles. The summed E-state index contributed by atoms with van der Waals surface area (Å²) in [6.07, 6.45) is 2.38. The van der Waals surface area contributed by atoms with Crippen LogP contribution in [0.25, 0.3) is 0 Å². The fraction of sp³-hybridized carbons (Fsp3) is 0.579. The molecule has 4 unspecified atom stereocenters. The summed E-state index contributed by atoms with van der Waals surface area (Å²) in [6.45, 7) is 7.01. The number of nitrogens with zero attached hydrogens (tertiary/aromatic N) is 1. The Morgan fingerprint density at radius 3 is 2.88 bits per heavy atom. The highest BCUT2D eigenvalue weighted by Crippen LogP contribution is 2.53. The van der Waals surface area contributed by atoms with Crippen molar-refractivity contribution in [1.29, 1.82) is 0 Å². The summed E-state index contributed by atoms with van der Waals surface area (Å²) < 4.78 is 5.28. The monoisotopic (exact) mass is 333 g/mol. The second kappa shape index (κ2) is 6.39. The number of aliphatic hydroxyl groups excluding tert-OH is 2. The highest BCUT2D eigenvalue weighted by Gasteiger charge is 2.58. The maximum atomic E-state index is 11.1. The lowest BCUT2D eigenvalue weighted by Crippen LogP contribution is -2.48. The normalized spacial score (nSPS) is 30.0. The van der Waals surface area contributed by atoms with E-state index in [4.69, 9.17) is 4.74 Å². The van der Waals surface area contributed by atoms with Gasteiger partial charge in [0.25, 0.3) is 0 Å². The number of benzene rings is 1. The fourth-order valence-electron chi connectivity index (χ4n) is 4.56. The van der Waals surface area contributed by atoms with E-state index in [0.29, 0.717) is 38.1 Å². The van der Waals surface area contributed by atoms with Crippen molar-refractivity contribution >= 4 is 0 Å². The number of phenolic OH excluding ortho intramolecular Hbond substituents is 1. The van der Waals surface area contributed by atoms with Gasteiger partial charge in [-0.3, -0.25) is 4.90 Å². The minimum atomic E-state index is -0.685. The molecule has 132 valence electrons. The number of methoxy groups -OCH3 is 1. The van der Waals surface area contributed by atoms with Crippen LogP contribution in [0.2, 0.25) is 0 Å². The summed E-state index contributed by atoms with van der Waals surface area (Å²) in [5.74, 6) is 0.503. The molecule has 3 rings (SSSR count). The summed E-state index contributed by atoms with van der Waals surface area (Å²) in [4.78, 5) is 2.20. The Bertz CT molecular complexity index is 632. The van der Waals surface area contributed by atoms with Gasteiger partial charge in [0, 0.05) is 30.1 Å². The van der Waals surface area contributed by atoms with E-state index in [-0.39, 0.29) is 11.8 Å². The molecule has 1 saturated heterocycles. The summed E-state index contributed by atoms with van der Waals surface area (Å²) in [5.41, 5.74) is 1.08. The molecule has 1 aliphatic carbocycles. The van der Waals surface area contributed by atoms with E-state index >= 15 is 0 Å². The largest absolute Gasteiger partial charge is 0.504 e. The lowest BCUT2D eigenvalue weighted by Gasteiger charge is -2.40. The minimum Gasteiger partial charge on any atom is -0.504 e. The van der Waals surface area contributed by atoms with Crippen LogP contribution in [-0.2, 0) is 11.8 Å². The summed E-state index contributed by atoms with van der Waals surface area (Å²) in [6, 6.07) is 3.72. The van der Waals surface area contributed by atoms with Crippen molar-refractivity contribution < 1.29 is 20.1 Å². The van der Waals surface area contributed by atoms with Gasteiger partial charge in [0.05, 0.1) is 19.3 Å². The first-order valence-corrected chi connectivity index (χ1v) is 8.58. The zero-order chi connectivity index (χ0) is 17.5. The molecular weight excluding hydrogens is 306 g/mol. The van der Waals surface area contributed by atoms with Crippen LogP contribution >= 0.6 is 0 Å². The molecule has 1 aromatic carbocycles. The quantitative estimate of drug-likeness (QED) is 0.690. The van der Waals surface area contributed by atoms with Crippen molar-refractivity contribution in [1.82, 2.24) is 4.90 Å². The molecule has 0 radical (unpaired) electrons. The van der Waals surface area contributed by atoms with Crippen molar-refractivity contribution in [2.75, 3.05) is 20.2 Å². The maximum absolute atomic E-state index is 11.1. The van der Waals surface area contributed by atoms with Gasteiger partial charge >= 0.3 is 0 Å². The second-order valence-electron chi connectivity index (χ2n) is 7.01. The maximum Gasteiger partial charge on any atom is 0.161 e. The fourth-order valence-corrected chi connectivity index (χ4v) is 4.56. The first-order chi connectivity index (χ1) is 11.5. The van der Waals surface area contributed by atoms with Gasteiger partial charge in [0.2, 0.25) is 0 Å². The number of phenols is 1. The Morgan fingerprint density at radius 1 is 1.50 bits per heavy atom. The molecular formula is C19H27NO4. The summed E-state index contributed by atoms with van der Waals surface area (Å²) in [5, 5.41) is 32.2. The molecule has 0 spiro atoms. The summed E-state index contributed by atoms with van der Waals surface area (Å²) >= 11 is 0. The molecule has 3 N–H and O–H groups in total. The number of aliphatic hydroxyl groups is 2. The highest BCUT2D eigenvalue weighted by atomic mass is 16.5. The zero-order valence-corrected chi connectivity index (χ0v) is 14.4. The Kier molecular flexibility index (Phi) is 4.60. The zero-order valence-electron chi connectivity index (χ0n) is 14.4. The van der Waals surface area contributed by atoms with Crippen LogP contribution < -0.4 is 4.74 Å². The lowest BCUT2D eigenvalue weighted by atomic mass is 9.66. The lowest BCUT2D eigenvalue weighted by molar-refractivity contribution is 0.0391. The molecule has 5 heteroatoms. The average molecular weight is 333 g/mol. The predicted molar refractivity (Wildman–Crippen MR) is 92.5 cm³/mol. The van der Waals surface area contributed by atoms with Crippen LogP contribution in [0.15, 0.2) is 24.8 Å². The standard InChI is InChI=1S/C19H27NO4/c1-4-8-20-11-19(10-13(21)5-2)16-12(9-14(20)18(19)23)6-7-15(24-3)17(16)22/h4,6-7,13-14,18,21-23H,1,5,8-11H2,2-3H3. The van der Waals surface area contributed by atoms with Crippen LogP contribution in [0.4, 0.5) is 0 Å². The molecule has 1 heterocycles. The van der Waals surface area contributed by atoms with Crippen LogP contribution in [0.5, 0.6) is 11.5 Å². The first kappa shape index (κ1) is 17.3. The van der Waals surface area contributed by atoms with Gasteiger partial charge in [-0.1, -0.05) is 19.1 Å². The van der Waals surface area contributed by atoms with Gasteiger partial charge in [-0.05, 0) is 30.9 Å². The SMILES string of the molecule is C=CCN1CC2(CC(O)CC)c3c(ccc(OC)c3O)CC1C2O.